The third-order valence-corrected chi connectivity index (χ3v) is 3.63. The number of phenolic OH excluding ortho intramolecular Hbond substituents is 1. The number of aromatic hydroxyl groups is 1. The smallest absolute Gasteiger partial charge is 0.237 e. The Morgan fingerprint density at radius 1 is 1.35 bits per heavy atom. The van der Waals surface area contributed by atoms with Gasteiger partial charge in [-0.3, -0.25) is 4.79 Å². The van der Waals surface area contributed by atoms with Gasteiger partial charge in [0.1, 0.15) is 5.75 Å². The van der Waals surface area contributed by atoms with Gasteiger partial charge in [-0.2, -0.15) is 0 Å². The fraction of sp³-hybridized carbons (Fsp3) is 0.533. The Balaban J connectivity index is 1.75. The minimum absolute atomic E-state index is 0.121. The van der Waals surface area contributed by atoms with Crippen LogP contribution in [0.1, 0.15) is 18.4 Å². The summed E-state index contributed by atoms with van der Waals surface area (Å²) in [4.78, 5) is 11.9. The van der Waals surface area contributed by atoms with Crippen molar-refractivity contribution in [1.82, 2.24) is 5.32 Å². The van der Waals surface area contributed by atoms with Crippen LogP contribution in [0, 0.1) is 5.92 Å². The Morgan fingerprint density at radius 2 is 2.00 bits per heavy atom. The molecule has 20 heavy (non-hydrogen) atoms. The van der Waals surface area contributed by atoms with Gasteiger partial charge in [0.15, 0.2) is 0 Å². The van der Waals surface area contributed by atoms with Crippen molar-refractivity contribution < 1.29 is 14.6 Å². The van der Waals surface area contributed by atoms with E-state index in [1.165, 1.54) is 0 Å². The van der Waals surface area contributed by atoms with Crippen LogP contribution in [0.25, 0.3) is 0 Å². The van der Waals surface area contributed by atoms with Crippen LogP contribution in [0.5, 0.6) is 5.75 Å². The summed E-state index contributed by atoms with van der Waals surface area (Å²) < 4.78 is 5.28. The number of phenols is 1. The first-order valence-electron chi connectivity index (χ1n) is 7.04. The van der Waals surface area contributed by atoms with E-state index in [0.29, 0.717) is 18.9 Å². The van der Waals surface area contributed by atoms with Gasteiger partial charge in [0, 0.05) is 19.8 Å². The third kappa shape index (κ3) is 4.51. The molecule has 1 aromatic carbocycles. The number of nitrogens with two attached hydrogens (primary N) is 1. The Kier molecular flexibility index (Phi) is 5.38. The number of benzene rings is 1. The quantitative estimate of drug-likeness (QED) is 0.744. The van der Waals surface area contributed by atoms with Gasteiger partial charge in [-0.15, -0.1) is 0 Å². The average Bonchev–Trinajstić information content (AvgIpc) is 2.48. The molecule has 1 amide bonds. The van der Waals surface area contributed by atoms with E-state index >= 15 is 0 Å². The molecule has 110 valence electrons. The van der Waals surface area contributed by atoms with Crippen molar-refractivity contribution in [2.24, 2.45) is 11.7 Å². The van der Waals surface area contributed by atoms with Crippen molar-refractivity contribution in [2.45, 2.75) is 25.3 Å². The number of ether oxygens (including phenoxy) is 1. The summed E-state index contributed by atoms with van der Waals surface area (Å²) in [5.74, 6) is 0.587. The average molecular weight is 278 g/mol. The molecule has 1 aromatic rings. The lowest BCUT2D eigenvalue weighted by molar-refractivity contribution is -0.122. The van der Waals surface area contributed by atoms with Crippen molar-refractivity contribution >= 4 is 5.91 Å². The SMILES string of the molecule is N[C@@H](Cc1ccc(O)cc1)C(=O)NCC1CCOCC1. The van der Waals surface area contributed by atoms with Crippen LogP contribution in [0.15, 0.2) is 24.3 Å². The summed E-state index contributed by atoms with van der Waals surface area (Å²) in [6.45, 7) is 2.23. The summed E-state index contributed by atoms with van der Waals surface area (Å²) in [5.41, 5.74) is 6.84. The summed E-state index contributed by atoms with van der Waals surface area (Å²) in [5, 5.41) is 12.1. The van der Waals surface area contributed by atoms with Gasteiger partial charge in [0.25, 0.3) is 0 Å². The van der Waals surface area contributed by atoms with Crippen LogP contribution in [0.2, 0.25) is 0 Å². The van der Waals surface area contributed by atoms with Crippen LogP contribution in [0.3, 0.4) is 0 Å². The number of carbonyl (C=O) groups excluding carboxylic acids is 1. The summed E-state index contributed by atoms with van der Waals surface area (Å²) in [6, 6.07) is 6.20. The lowest BCUT2D eigenvalue weighted by Crippen LogP contribution is -2.44. The van der Waals surface area contributed by atoms with E-state index in [-0.39, 0.29) is 11.7 Å². The first-order chi connectivity index (χ1) is 9.65. The maximum Gasteiger partial charge on any atom is 0.237 e. The van der Waals surface area contributed by atoms with Gasteiger partial charge in [-0.25, -0.2) is 0 Å². The van der Waals surface area contributed by atoms with E-state index in [1.54, 1.807) is 24.3 Å². The Hall–Kier alpha value is -1.59. The molecule has 4 N–H and O–H groups in total. The predicted molar refractivity (Wildman–Crippen MR) is 76.3 cm³/mol. The zero-order valence-corrected chi connectivity index (χ0v) is 11.5. The molecule has 5 heteroatoms. The van der Waals surface area contributed by atoms with Gasteiger partial charge in [0.05, 0.1) is 6.04 Å². The van der Waals surface area contributed by atoms with Crippen LogP contribution in [0.4, 0.5) is 0 Å². The molecule has 2 rings (SSSR count). The van der Waals surface area contributed by atoms with E-state index in [2.05, 4.69) is 5.32 Å². The van der Waals surface area contributed by atoms with Crippen LogP contribution < -0.4 is 11.1 Å². The summed E-state index contributed by atoms with van der Waals surface area (Å²) in [6.07, 6.45) is 2.46. The second-order valence-electron chi connectivity index (χ2n) is 5.28. The fourth-order valence-electron chi connectivity index (χ4n) is 2.31. The number of carbonyl (C=O) groups is 1. The maximum atomic E-state index is 11.9. The number of hydrogen-bond donors (Lipinski definition) is 3. The molecule has 5 nitrogen and oxygen atoms in total. The van der Waals surface area contributed by atoms with E-state index in [4.69, 9.17) is 10.5 Å². The second kappa shape index (κ2) is 7.26. The second-order valence-corrected chi connectivity index (χ2v) is 5.28. The number of rotatable bonds is 5. The van der Waals surface area contributed by atoms with Crippen molar-refractivity contribution in [2.75, 3.05) is 19.8 Å². The molecule has 0 radical (unpaired) electrons. The number of hydrogen-bond acceptors (Lipinski definition) is 4. The summed E-state index contributed by atoms with van der Waals surface area (Å²) in [7, 11) is 0. The molecule has 0 aliphatic carbocycles. The van der Waals surface area contributed by atoms with Crippen molar-refractivity contribution in [3.8, 4) is 5.75 Å². The van der Waals surface area contributed by atoms with Gasteiger partial charge in [0.2, 0.25) is 5.91 Å². The molecule has 0 aromatic heterocycles. The van der Waals surface area contributed by atoms with E-state index in [9.17, 15) is 9.90 Å². The Morgan fingerprint density at radius 3 is 2.65 bits per heavy atom. The molecular weight excluding hydrogens is 256 g/mol. The number of amides is 1. The molecule has 1 fully saturated rings. The van der Waals surface area contributed by atoms with E-state index in [0.717, 1.165) is 31.6 Å². The monoisotopic (exact) mass is 278 g/mol. The Labute approximate surface area is 119 Å². The van der Waals surface area contributed by atoms with Crippen molar-refractivity contribution in [1.29, 1.82) is 0 Å². The highest BCUT2D eigenvalue weighted by molar-refractivity contribution is 5.81. The van der Waals surface area contributed by atoms with Gasteiger partial charge < -0.3 is 20.9 Å². The van der Waals surface area contributed by atoms with Gasteiger partial charge in [-0.05, 0) is 42.9 Å². The van der Waals surface area contributed by atoms with E-state index in [1.807, 2.05) is 0 Å². The molecular formula is C15H22N2O3. The summed E-state index contributed by atoms with van der Waals surface area (Å²) >= 11 is 0. The fourth-order valence-corrected chi connectivity index (χ4v) is 2.31. The minimum atomic E-state index is -0.556. The topological polar surface area (TPSA) is 84.6 Å². The largest absolute Gasteiger partial charge is 0.508 e. The predicted octanol–water partition coefficient (Wildman–Crippen LogP) is 0.805. The van der Waals surface area contributed by atoms with Gasteiger partial charge in [-0.1, -0.05) is 12.1 Å². The highest BCUT2D eigenvalue weighted by atomic mass is 16.5. The Bertz CT molecular complexity index is 427. The molecule has 0 unspecified atom stereocenters. The minimum Gasteiger partial charge on any atom is -0.508 e. The zero-order chi connectivity index (χ0) is 14.4. The molecule has 0 saturated carbocycles. The van der Waals surface area contributed by atoms with E-state index < -0.39 is 6.04 Å². The molecule has 1 saturated heterocycles. The lowest BCUT2D eigenvalue weighted by atomic mass is 10.00. The van der Waals surface area contributed by atoms with Gasteiger partial charge >= 0.3 is 0 Å². The molecule has 0 spiro atoms. The molecule has 1 atom stereocenters. The van der Waals surface area contributed by atoms with Crippen LogP contribution >= 0.6 is 0 Å². The van der Waals surface area contributed by atoms with Crippen molar-refractivity contribution in [3.63, 3.8) is 0 Å². The first-order valence-corrected chi connectivity index (χ1v) is 7.04. The normalized spacial score (nSPS) is 17.6. The highest BCUT2D eigenvalue weighted by Crippen LogP contribution is 2.13. The zero-order valence-electron chi connectivity index (χ0n) is 11.5. The molecule has 1 aliphatic heterocycles. The van der Waals surface area contributed by atoms with Crippen molar-refractivity contribution in [3.05, 3.63) is 29.8 Å². The maximum absolute atomic E-state index is 11.9. The van der Waals surface area contributed by atoms with Crippen LogP contribution in [-0.2, 0) is 16.0 Å². The highest BCUT2D eigenvalue weighted by Gasteiger charge is 2.18. The standard InChI is InChI=1S/C15H22N2O3/c16-14(9-11-1-3-13(18)4-2-11)15(19)17-10-12-5-7-20-8-6-12/h1-4,12,14,18H,5-10,16H2,(H,17,19)/t14-/m0/s1. The molecule has 1 aliphatic rings. The van der Waals surface area contributed by atoms with Crippen LogP contribution in [-0.4, -0.2) is 36.8 Å². The third-order valence-electron chi connectivity index (χ3n) is 3.63. The lowest BCUT2D eigenvalue weighted by Gasteiger charge is -2.23. The number of nitrogens with one attached hydrogen (secondary N) is 1. The first kappa shape index (κ1) is 14.8. The molecule has 0 bridgehead atoms. The molecule has 1 heterocycles.